The van der Waals surface area contributed by atoms with Crippen LogP contribution in [0.15, 0.2) is 36.4 Å². The number of fused-ring (bicyclic) bond motifs is 1. The average molecular weight is 282 g/mol. The fraction of sp³-hybridized carbons (Fsp3) is 0.333. The van der Waals surface area contributed by atoms with E-state index in [-0.39, 0.29) is 6.10 Å². The molecule has 3 rings (SSSR count). The van der Waals surface area contributed by atoms with Crippen LogP contribution in [-0.2, 0) is 13.0 Å². The Kier molecular flexibility index (Phi) is 3.95. The molecule has 3 heteroatoms. The highest BCUT2D eigenvalue weighted by atomic mass is 16.5. The first-order valence-electron chi connectivity index (χ1n) is 7.51. The Morgan fingerprint density at radius 2 is 2.05 bits per heavy atom. The van der Waals surface area contributed by atoms with Crippen LogP contribution >= 0.6 is 0 Å². The van der Waals surface area contributed by atoms with Gasteiger partial charge in [0.05, 0.1) is 0 Å². The second-order valence-electron chi connectivity index (χ2n) is 5.73. The smallest absolute Gasteiger partial charge is 0.130 e. The predicted octanol–water partition coefficient (Wildman–Crippen LogP) is 2.77. The molecule has 0 saturated carbocycles. The van der Waals surface area contributed by atoms with Gasteiger partial charge in [0.2, 0.25) is 0 Å². The third-order valence-corrected chi connectivity index (χ3v) is 4.00. The summed E-state index contributed by atoms with van der Waals surface area (Å²) in [5.41, 5.74) is 17.5. The molecule has 4 N–H and O–H groups in total. The zero-order chi connectivity index (χ0) is 14.8. The Labute approximate surface area is 125 Å². The summed E-state index contributed by atoms with van der Waals surface area (Å²) in [5.74, 6) is 1.02. The Bertz CT molecular complexity index is 652. The lowest BCUT2D eigenvalue weighted by Gasteiger charge is -2.13. The van der Waals surface area contributed by atoms with Crippen LogP contribution < -0.4 is 16.2 Å². The van der Waals surface area contributed by atoms with Crippen LogP contribution in [0.4, 0.5) is 0 Å². The maximum absolute atomic E-state index is 6.15. The van der Waals surface area contributed by atoms with Gasteiger partial charge in [0.15, 0.2) is 0 Å². The van der Waals surface area contributed by atoms with Crippen molar-refractivity contribution in [1.82, 2.24) is 0 Å². The summed E-state index contributed by atoms with van der Waals surface area (Å²) >= 11 is 0. The van der Waals surface area contributed by atoms with Gasteiger partial charge < -0.3 is 16.2 Å². The number of rotatable bonds is 4. The zero-order valence-electron chi connectivity index (χ0n) is 12.4. The highest BCUT2D eigenvalue weighted by Crippen LogP contribution is 2.40. The minimum absolute atomic E-state index is 0.211. The lowest BCUT2D eigenvalue weighted by Crippen LogP contribution is -2.17. The van der Waals surface area contributed by atoms with Crippen molar-refractivity contribution in [2.45, 2.75) is 32.4 Å². The number of hydrogen-bond donors (Lipinski definition) is 2. The lowest BCUT2D eigenvalue weighted by atomic mass is 9.96. The molecule has 21 heavy (non-hydrogen) atoms. The highest BCUT2D eigenvalue weighted by Gasteiger charge is 2.25. The van der Waals surface area contributed by atoms with E-state index in [1.165, 1.54) is 22.3 Å². The van der Waals surface area contributed by atoms with Gasteiger partial charge in [-0.2, -0.15) is 0 Å². The highest BCUT2D eigenvalue weighted by molar-refractivity contribution is 5.74. The summed E-state index contributed by atoms with van der Waals surface area (Å²) in [6.07, 6.45) is 2.07. The largest absolute Gasteiger partial charge is 0.489 e. The minimum Gasteiger partial charge on any atom is -0.489 e. The molecule has 1 unspecified atom stereocenters. The summed E-state index contributed by atoms with van der Waals surface area (Å²) in [6, 6.07) is 12.8. The molecule has 110 valence electrons. The van der Waals surface area contributed by atoms with E-state index in [0.717, 1.165) is 24.2 Å². The maximum atomic E-state index is 6.15. The predicted molar refractivity (Wildman–Crippen MR) is 86.3 cm³/mol. The van der Waals surface area contributed by atoms with Gasteiger partial charge in [-0.25, -0.2) is 0 Å². The molecule has 0 bridgehead atoms. The standard InChI is InChI=1S/C18H22N2O/c1-12-7-15-10-16(5-6-19)21-18(15)17(8-12)14-4-2-3-13(9-14)11-20/h2-4,7-9,16H,5-6,10-11,19-20H2,1H3. The van der Waals surface area contributed by atoms with Crippen molar-refractivity contribution in [2.75, 3.05) is 6.54 Å². The molecule has 0 saturated heterocycles. The van der Waals surface area contributed by atoms with Crippen molar-refractivity contribution in [1.29, 1.82) is 0 Å². The number of nitrogens with two attached hydrogens (primary N) is 2. The van der Waals surface area contributed by atoms with Crippen molar-refractivity contribution in [2.24, 2.45) is 11.5 Å². The maximum Gasteiger partial charge on any atom is 0.130 e. The van der Waals surface area contributed by atoms with Crippen molar-refractivity contribution in [3.63, 3.8) is 0 Å². The third kappa shape index (κ3) is 2.80. The van der Waals surface area contributed by atoms with Crippen LogP contribution in [0.1, 0.15) is 23.1 Å². The number of hydrogen-bond acceptors (Lipinski definition) is 3. The molecule has 0 aromatic heterocycles. The molecule has 1 aliphatic heterocycles. The topological polar surface area (TPSA) is 61.3 Å². The zero-order valence-corrected chi connectivity index (χ0v) is 12.4. The molecule has 2 aromatic carbocycles. The van der Waals surface area contributed by atoms with Crippen molar-refractivity contribution >= 4 is 0 Å². The number of aryl methyl sites for hydroxylation is 1. The summed E-state index contributed by atoms with van der Waals surface area (Å²) in [4.78, 5) is 0. The molecule has 1 atom stereocenters. The molecule has 1 heterocycles. The van der Waals surface area contributed by atoms with Crippen molar-refractivity contribution in [3.8, 4) is 16.9 Å². The molecule has 0 radical (unpaired) electrons. The van der Waals surface area contributed by atoms with E-state index in [1.54, 1.807) is 0 Å². The lowest BCUT2D eigenvalue weighted by molar-refractivity contribution is 0.225. The molecule has 0 spiro atoms. The van der Waals surface area contributed by atoms with E-state index in [2.05, 4.69) is 43.3 Å². The summed E-state index contributed by atoms with van der Waals surface area (Å²) < 4.78 is 6.15. The SMILES string of the molecule is Cc1cc2c(c(-c3cccc(CN)c3)c1)OC(CCN)C2. The van der Waals surface area contributed by atoms with E-state index in [1.807, 2.05) is 0 Å². The first-order valence-corrected chi connectivity index (χ1v) is 7.51. The molecule has 0 amide bonds. The van der Waals surface area contributed by atoms with E-state index < -0.39 is 0 Å². The third-order valence-electron chi connectivity index (χ3n) is 4.00. The van der Waals surface area contributed by atoms with Gasteiger partial charge in [-0.15, -0.1) is 0 Å². The van der Waals surface area contributed by atoms with Crippen LogP contribution in [-0.4, -0.2) is 12.6 Å². The monoisotopic (exact) mass is 282 g/mol. The van der Waals surface area contributed by atoms with Crippen molar-refractivity contribution in [3.05, 3.63) is 53.1 Å². The van der Waals surface area contributed by atoms with Gasteiger partial charge in [-0.3, -0.25) is 0 Å². The fourth-order valence-electron chi connectivity index (χ4n) is 3.02. The van der Waals surface area contributed by atoms with Crippen LogP contribution in [0.25, 0.3) is 11.1 Å². The Balaban J connectivity index is 2.04. The van der Waals surface area contributed by atoms with Gasteiger partial charge in [0.1, 0.15) is 11.9 Å². The van der Waals surface area contributed by atoms with Crippen LogP contribution in [0.3, 0.4) is 0 Å². The molecule has 0 fully saturated rings. The summed E-state index contributed by atoms with van der Waals surface area (Å²) in [7, 11) is 0. The summed E-state index contributed by atoms with van der Waals surface area (Å²) in [5, 5.41) is 0. The van der Waals surface area contributed by atoms with E-state index in [9.17, 15) is 0 Å². The van der Waals surface area contributed by atoms with Gasteiger partial charge in [-0.1, -0.05) is 24.3 Å². The molecule has 0 aliphatic carbocycles. The fourth-order valence-corrected chi connectivity index (χ4v) is 3.02. The quantitative estimate of drug-likeness (QED) is 0.906. The minimum atomic E-state index is 0.211. The van der Waals surface area contributed by atoms with Crippen LogP contribution in [0.2, 0.25) is 0 Å². The molecular weight excluding hydrogens is 260 g/mol. The average Bonchev–Trinajstić information content (AvgIpc) is 2.89. The normalized spacial score (nSPS) is 16.6. The van der Waals surface area contributed by atoms with Gasteiger partial charge in [0.25, 0.3) is 0 Å². The Hall–Kier alpha value is -1.84. The van der Waals surface area contributed by atoms with Gasteiger partial charge >= 0.3 is 0 Å². The van der Waals surface area contributed by atoms with Gasteiger partial charge in [0, 0.05) is 18.5 Å². The van der Waals surface area contributed by atoms with E-state index in [4.69, 9.17) is 16.2 Å². The summed E-state index contributed by atoms with van der Waals surface area (Å²) in [6.45, 7) is 3.35. The first-order chi connectivity index (χ1) is 10.2. The van der Waals surface area contributed by atoms with Crippen LogP contribution in [0.5, 0.6) is 5.75 Å². The Morgan fingerprint density at radius 3 is 2.81 bits per heavy atom. The molecule has 1 aliphatic rings. The first kappa shape index (κ1) is 14.1. The molecule has 2 aromatic rings. The second kappa shape index (κ2) is 5.88. The number of benzene rings is 2. The van der Waals surface area contributed by atoms with E-state index in [0.29, 0.717) is 13.1 Å². The second-order valence-corrected chi connectivity index (χ2v) is 5.73. The number of ether oxygens (including phenoxy) is 1. The van der Waals surface area contributed by atoms with Crippen LogP contribution in [0, 0.1) is 6.92 Å². The molecule has 3 nitrogen and oxygen atoms in total. The van der Waals surface area contributed by atoms with Gasteiger partial charge in [-0.05, 0) is 54.3 Å². The van der Waals surface area contributed by atoms with E-state index >= 15 is 0 Å². The molecular formula is C18H22N2O. The Morgan fingerprint density at radius 1 is 1.19 bits per heavy atom. The van der Waals surface area contributed by atoms with Crippen molar-refractivity contribution < 1.29 is 4.74 Å².